The first kappa shape index (κ1) is 26.0. The summed E-state index contributed by atoms with van der Waals surface area (Å²) >= 11 is 1.59. The van der Waals surface area contributed by atoms with E-state index in [1.807, 2.05) is 36.6 Å². The molecule has 2 aliphatic heterocycles. The highest BCUT2D eigenvalue weighted by Crippen LogP contribution is 2.33. The molecule has 1 saturated heterocycles. The van der Waals surface area contributed by atoms with Crippen LogP contribution in [0.15, 0.2) is 53.9 Å². The minimum Gasteiger partial charge on any atom is -0.454 e. The van der Waals surface area contributed by atoms with E-state index in [-0.39, 0.29) is 31.9 Å². The number of carbonyl (C=O) groups is 2. The number of hydrogen-bond donors (Lipinski definition) is 1. The van der Waals surface area contributed by atoms with Gasteiger partial charge < -0.3 is 29.3 Å². The minimum atomic E-state index is -0.477. The van der Waals surface area contributed by atoms with Crippen LogP contribution in [0.3, 0.4) is 0 Å². The van der Waals surface area contributed by atoms with Crippen LogP contribution < -0.4 is 14.8 Å². The summed E-state index contributed by atoms with van der Waals surface area (Å²) in [6, 6.07) is 12.9. The van der Waals surface area contributed by atoms with E-state index < -0.39 is 11.8 Å². The second kappa shape index (κ2) is 11.8. The number of fused-ring (bicyclic) bond motifs is 1. The van der Waals surface area contributed by atoms with Gasteiger partial charge in [0, 0.05) is 30.3 Å². The van der Waals surface area contributed by atoms with Crippen molar-refractivity contribution in [2.45, 2.75) is 39.0 Å². The Morgan fingerprint density at radius 1 is 1.08 bits per heavy atom. The third-order valence-electron chi connectivity index (χ3n) is 6.60. The Kier molecular flexibility index (Phi) is 8.09. The Morgan fingerprint density at radius 2 is 1.95 bits per heavy atom. The van der Waals surface area contributed by atoms with Crippen molar-refractivity contribution in [1.29, 1.82) is 0 Å². The SMILES string of the molecule is Cc1ccsc1CN(Cc1ccc2c(c1)OCO2)C(=O)CN(CC1CCCO1)C(=O)Nc1cccc(F)c1. The average molecular weight is 540 g/mol. The monoisotopic (exact) mass is 539 g/mol. The topological polar surface area (TPSA) is 80.3 Å². The predicted molar refractivity (Wildman–Crippen MR) is 142 cm³/mol. The van der Waals surface area contributed by atoms with Crippen LogP contribution in [0.25, 0.3) is 0 Å². The second-order valence-corrected chi connectivity index (χ2v) is 10.4. The molecule has 8 nitrogen and oxygen atoms in total. The summed E-state index contributed by atoms with van der Waals surface area (Å²) in [6.45, 7) is 3.70. The number of benzene rings is 2. The molecule has 1 unspecified atom stereocenters. The number of carbonyl (C=O) groups excluding carboxylic acids is 2. The van der Waals surface area contributed by atoms with Crippen LogP contribution in [0.2, 0.25) is 0 Å². The van der Waals surface area contributed by atoms with E-state index in [2.05, 4.69) is 5.32 Å². The number of nitrogens with one attached hydrogen (secondary N) is 1. The van der Waals surface area contributed by atoms with Crippen LogP contribution in [0.5, 0.6) is 11.5 Å². The van der Waals surface area contributed by atoms with Crippen LogP contribution in [0.1, 0.15) is 28.8 Å². The van der Waals surface area contributed by atoms with Crippen molar-refractivity contribution in [3.63, 3.8) is 0 Å². The van der Waals surface area contributed by atoms with E-state index >= 15 is 0 Å². The molecule has 3 aromatic rings. The Bertz CT molecular complexity index is 1290. The van der Waals surface area contributed by atoms with E-state index in [1.54, 1.807) is 22.3 Å². The zero-order valence-corrected chi connectivity index (χ0v) is 22.0. The van der Waals surface area contributed by atoms with Crippen molar-refractivity contribution < 1.29 is 28.2 Å². The maximum atomic E-state index is 13.8. The molecule has 0 spiro atoms. The zero-order valence-electron chi connectivity index (χ0n) is 21.2. The number of hydrogen-bond acceptors (Lipinski definition) is 6. The highest BCUT2D eigenvalue weighted by molar-refractivity contribution is 7.10. The molecule has 1 aromatic heterocycles. The van der Waals surface area contributed by atoms with Crippen molar-refractivity contribution >= 4 is 29.0 Å². The third-order valence-corrected chi connectivity index (χ3v) is 7.61. The van der Waals surface area contributed by atoms with E-state index in [0.29, 0.717) is 36.9 Å². The van der Waals surface area contributed by atoms with Crippen molar-refractivity contribution in [3.8, 4) is 11.5 Å². The fourth-order valence-electron chi connectivity index (χ4n) is 4.52. The maximum Gasteiger partial charge on any atom is 0.322 e. The van der Waals surface area contributed by atoms with Gasteiger partial charge in [0.15, 0.2) is 11.5 Å². The first-order valence-corrected chi connectivity index (χ1v) is 13.4. The first-order valence-electron chi connectivity index (χ1n) is 12.6. The normalized spacial score (nSPS) is 15.9. The van der Waals surface area contributed by atoms with Crippen LogP contribution >= 0.6 is 11.3 Å². The molecular formula is C28H30FN3O5S. The van der Waals surface area contributed by atoms with Crippen LogP contribution in [-0.4, -0.2) is 54.3 Å². The van der Waals surface area contributed by atoms with Gasteiger partial charge in [-0.05, 0) is 72.7 Å². The lowest BCUT2D eigenvalue weighted by Gasteiger charge is -2.29. The molecule has 1 N–H and O–H groups in total. The van der Waals surface area contributed by atoms with E-state index in [9.17, 15) is 14.0 Å². The van der Waals surface area contributed by atoms with Gasteiger partial charge in [-0.25, -0.2) is 9.18 Å². The Hall–Kier alpha value is -3.63. The van der Waals surface area contributed by atoms with E-state index in [1.165, 1.54) is 23.1 Å². The zero-order chi connectivity index (χ0) is 26.5. The van der Waals surface area contributed by atoms with Crippen LogP contribution in [0.4, 0.5) is 14.9 Å². The first-order chi connectivity index (χ1) is 18.4. The maximum absolute atomic E-state index is 13.8. The van der Waals surface area contributed by atoms with E-state index in [4.69, 9.17) is 14.2 Å². The molecule has 1 fully saturated rings. The van der Waals surface area contributed by atoms with Crippen molar-refractivity contribution in [1.82, 2.24) is 9.80 Å². The van der Waals surface area contributed by atoms with E-state index in [0.717, 1.165) is 28.8 Å². The highest BCUT2D eigenvalue weighted by Gasteiger charge is 2.27. The number of rotatable bonds is 9. The number of halogens is 1. The second-order valence-electron chi connectivity index (χ2n) is 9.42. The summed E-state index contributed by atoms with van der Waals surface area (Å²) in [6.07, 6.45) is 1.57. The Morgan fingerprint density at radius 3 is 2.71 bits per heavy atom. The Labute approximate surface area is 224 Å². The lowest BCUT2D eigenvalue weighted by Crippen LogP contribution is -2.46. The van der Waals surface area contributed by atoms with Gasteiger partial charge in [0.25, 0.3) is 0 Å². The van der Waals surface area contributed by atoms with Gasteiger partial charge in [0.1, 0.15) is 12.4 Å². The minimum absolute atomic E-state index is 0.143. The van der Waals surface area contributed by atoms with Gasteiger partial charge in [-0.2, -0.15) is 0 Å². The predicted octanol–water partition coefficient (Wildman–Crippen LogP) is 5.17. The van der Waals surface area contributed by atoms with Crippen molar-refractivity contribution in [3.05, 3.63) is 75.7 Å². The van der Waals surface area contributed by atoms with Gasteiger partial charge in [-0.15, -0.1) is 11.3 Å². The standard InChI is InChI=1S/C28H30FN3O5S/c1-19-9-11-38-26(19)16-31(14-20-7-8-24-25(12-20)37-18-36-24)27(33)17-32(15-23-6-3-10-35-23)28(34)30-22-5-2-4-21(29)13-22/h2,4-5,7-9,11-13,23H,3,6,10,14-18H2,1H3,(H,30,34). The number of thiophene rings is 1. The molecule has 3 amide bonds. The summed E-state index contributed by atoms with van der Waals surface area (Å²) in [5, 5.41) is 4.73. The molecule has 0 radical (unpaired) electrons. The molecule has 2 aromatic carbocycles. The number of nitrogens with zero attached hydrogens (tertiary/aromatic N) is 2. The molecular weight excluding hydrogens is 509 g/mol. The smallest absolute Gasteiger partial charge is 0.322 e. The summed E-state index contributed by atoms with van der Waals surface area (Å²) in [7, 11) is 0. The number of aryl methyl sites for hydroxylation is 1. The highest BCUT2D eigenvalue weighted by atomic mass is 32.1. The summed E-state index contributed by atoms with van der Waals surface area (Å²) < 4.78 is 30.4. The van der Waals surface area contributed by atoms with Gasteiger partial charge in [-0.1, -0.05) is 12.1 Å². The average Bonchev–Trinajstić information content (AvgIpc) is 3.66. The number of anilines is 1. The molecule has 3 heterocycles. The molecule has 10 heteroatoms. The third kappa shape index (κ3) is 6.43. The van der Waals surface area contributed by atoms with Crippen LogP contribution in [-0.2, 0) is 22.6 Å². The Balaban J connectivity index is 1.35. The number of urea groups is 1. The summed E-state index contributed by atoms with van der Waals surface area (Å²) in [5.41, 5.74) is 2.33. The molecule has 0 aliphatic carbocycles. The van der Waals surface area contributed by atoms with Crippen molar-refractivity contribution in [2.75, 3.05) is 31.8 Å². The molecule has 38 heavy (non-hydrogen) atoms. The quantitative estimate of drug-likeness (QED) is 0.406. The van der Waals surface area contributed by atoms with Crippen LogP contribution in [0, 0.1) is 12.7 Å². The fourth-order valence-corrected chi connectivity index (χ4v) is 5.44. The lowest BCUT2D eigenvalue weighted by atomic mass is 10.1. The number of amides is 3. The number of ether oxygens (including phenoxy) is 3. The molecule has 2 aliphatic rings. The van der Waals surface area contributed by atoms with Gasteiger partial charge in [0.05, 0.1) is 12.6 Å². The van der Waals surface area contributed by atoms with Gasteiger partial charge >= 0.3 is 6.03 Å². The molecule has 200 valence electrons. The molecule has 0 bridgehead atoms. The van der Waals surface area contributed by atoms with Crippen molar-refractivity contribution in [2.24, 2.45) is 0 Å². The molecule has 0 saturated carbocycles. The fraction of sp³-hybridized carbons (Fsp3) is 0.357. The summed E-state index contributed by atoms with van der Waals surface area (Å²) in [5.74, 6) is 0.669. The van der Waals surface area contributed by atoms with Gasteiger partial charge in [-0.3, -0.25) is 4.79 Å². The summed E-state index contributed by atoms with van der Waals surface area (Å²) in [4.78, 5) is 31.3. The lowest BCUT2D eigenvalue weighted by molar-refractivity contribution is -0.133. The molecule has 5 rings (SSSR count). The van der Waals surface area contributed by atoms with Gasteiger partial charge in [0.2, 0.25) is 12.7 Å². The largest absolute Gasteiger partial charge is 0.454 e. The molecule has 1 atom stereocenters.